The van der Waals surface area contributed by atoms with Crippen LogP contribution >= 0.6 is 11.6 Å². The van der Waals surface area contributed by atoms with Crippen molar-refractivity contribution < 1.29 is 13.2 Å². The number of benzene rings is 2. The van der Waals surface area contributed by atoms with E-state index in [1.54, 1.807) is 30.3 Å². The zero-order valence-electron chi connectivity index (χ0n) is 16.4. The van der Waals surface area contributed by atoms with Crippen LogP contribution in [0.15, 0.2) is 46.9 Å². The fraction of sp³-hybridized carbons (Fsp3) is 0.364. The molecule has 1 saturated heterocycles. The molecule has 0 N–H and O–H groups in total. The number of hydrogen-bond donors (Lipinski definition) is 0. The Labute approximate surface area is 177 Å². The van der Waals surface area contributed by atoms with E-state index in [0.717, 1.165) is 47.5 Å². The van der Waals surface area contributed by atoms with Crippen LogP contribution in [0.3, 0.4) is 0 Å². The topological polar surface area (TPSA) is 47.1 Å². The average molecular weight is 431 g/mol. The van der Waals surface area contributed by atoms with Gasteiger partial charge in [0.05, 0.1) is 17.1 Å². The summed E-state index contributed by atoms with van der Waals surface area (Å²) < 4.78 is 34.6. The summed E-state index contributed by atoms with van der Waals surface area (Å²) in [6, 6.07) is 12.3. The number of fused-ring (bicyclic) bond motifs is 2. The molecule has 1 fully saturated rings. The highest BCUT2D eigenvalue weighted by atomic mass is 35.5. The molecule has 1 aliphatic heterocycles. The fourth-order valence-corrected chi connectivity index (χ4v) is 4.52. The van der Waals surface area contributed by atoms with Crippen LogP contribution in [0.2, 0.25) is 5.02 Å². The lowest BCUT2D eigenvalue weighted by atomic mass is 9.95. The second-order valence-electron chi connectivity index (χ2n) is 7.76. The van der Waals surface area contributed by atoms with E-state index in [9.17, 15) is 8.78 Å². The van der Waals surface area contributed by atoms with Gasteiger partial charge in [-0.05, 0) is 63.2 Å². The van der Waals surface area contributed by atoms with E-state index in [1.807, 2.05) is 19.1 Å². The van der Waals surface area contributed by atoms with Crippen LogP contribution < -0.4 is 0 Å². The van der Waals surface area contributed by atoms with E-state index in [1.165, 1.54) is 0 Å². The fourth-order valence-electron chi connectivity index (χ4n) is 4.35. The number of rotatable bonds is 4. The lowest BCUT2D eigenvalue weighted by molar-refractivity contribution is 0.0620. The molecule has 0 saturated carbocycles. The summed E-state index contributed by atoms with van der Waals surface area (Å²) in [4.78, 5) is 11.3. The summed E-state index contributed by atoms with van der Waals surface area (Å²) in [7, 11) is 0. The summed E-state index contributed by atoms with van der Waals surface area (Å²) >= 11 is 6.04. The van der Waals surface area contributed by atoms with E-state index in [-0.39, 0.29) is 12.0 Å². The van der Waals surface area contributed by atoms with Crippen molar-refractivity contribution in [2.75, 3.05) is 13.1 Å². The molecule has 4 aromatic rings. The molecule has 3 heterocycles. The Bertz CT molecular complexity index is 1200. The number of nitrogens with zero attached hydrogens (tertiary/aromatic N) is 4. The number of oxazole rings is 1. The first kappa shape index (κ1) is 19.5. The molecule has 30 heavy (non-hydrogen) atoms. The van der Waals surface area contributed by atoms with E-state index < -0.39 is 6.55 Å². The van der Waals surface area contributed by atoms with Crippen molar-refractivity contribution >= 4 is 33.7 Å². The van der Waals surface area contributed by atoms with Crippen molar-refractivity contribution in [3.8, 4) is 0 Å². The predicted molar refractivity (Wildman–Crippen MR) is 112 cm³/mol. The molecule has 1 atom stereocenters. The number of alkyl halides is 2. The summed E-state index contributed by atoms with van der Waals surface area (Å²) in [6.45, 7) is 0.844. The molecule has 8 heteroatoms. The van der Waals surface area contributed by atoms with Crippen molar-refractivity contribution in [2.45, 2.75) is 38.3 Å². The van der Waals surface area contributed by atoms with Gasteiger partial charge in [-0.3, -0.25) is 9.47 Å². The highest BCUT2D eigenvalue weighted by Crippen LogP contribution is 2.35. The highest BCUT2D eigenvalue weighted by Gasteiger charge is 2.31. The van der Waals surface area contributed by atoms with Crippen LogP contribution in [0.25, 0.3) is 22.1 Å². The first-order chi connectivity index (χ1) is 14.5. The zero-order valence-corrected chi connectivity index (χ0v) is 17.2. The summed E-state index contributed by atoms with van der Waals surface area (Å²) in [5, 5.41) is 0.632. The largest absolute Gasteiger partial charge is 0.440 e. The maximum Gasteiger partial charge on any atom is 0.320 e. The number of para-hydroxylation sites is 2. The maximum atomic E-state index is 13.8. The molecule has 0 spiro atoms. The van der Waals surface area contributed by atoms with E-state index >= 15 is 0 Å². The minimum absolute atomic E-state index is 0.202. The molecule has 0 amide bonds. The van der Waals surface area contributed by atoms with Gasteiger partial charge in [-0.1, -0.05) is 23.7 Å². The Morgan fingerprint density at radius 1 is 1.07 bits per heavy atom. The molecular weight excluding hydrogens is 410 g/mol. The van der Waals surface area contributed by atoms with Gasteiger partial charge in [0.1, 0.15) is 11.3 Å². The van der Waals surface area contributed by atoms with Crippen molar-refractivity contribution in [1.82, 2.24) is 19.4 Å². The highest BCUT2D eigenvalue weighted by molar-refractivity contribution is 6.31. The Morgan fingerprint density at radius 2 is 1.83 bits per heavy atom. The third kappa shape index (κ3) is 3.36. The van der Waals surface area contributed by atoms with Crippen LogP contribution in [-0.2, 0) is 0 Å². The molecule has 0 aliphatic carbocycles. The number of likely N-dealkylation sites (tertiary alicyclic amines) is 1. The molecule has 5 rings (SSSR count). The third-order valence-corrected chi connectivity index (χ3v) is 6.22. The molecule has 1 aliphatic rings. The molecular formula is C22H21ClF2N4O. The third-order valence-electron chi connectivity index (χ3n) is 5.98. The monoisotopic (exact) mass is 430 g/mol. The SMILES string of the molecule is CC(c1nc2ccccc2n1C(F)F)N1CCC(c2nc3cc(Cl)ccc3o2)CC1. The smallest absolute Gasteiger partial charge is 0.320 e. The molecule has 0 bridgehead atoms. The van der Waals surface area contributed by atoms with Gasteiger partial charge < -0.3 is 4.42 Å². The molecule has 1 unspecified atom stereocenters. The van der Waals surface area contributed by atoms with Gasteiger partial charge in [0.15, 0.2) is 11.5 Å². The molecule has 0 radical (unpaired) electrons. The lowest BCUT2D eigenvalue weighted by Crippen LogP contribution is -2.36. The first-order valence-corrected chi connectivity index (χ1v) is 10.4. The van der Waals surface area contributed by atoms with Gasteiger partial charge in [-0.15, -0.1) is 0 Å². The van der Waals surface area contributed by atoms with Crippen LogP contribution in [-0.4, -0.2) is 32.5 Å². The lowest BCUT2D eigenvalue weighted by Gasteiger charge is -2.34. The molecule has 156 valence electrons. The standard InChI is InChI=1S/C22H21ClF2N4O/c1-13(20-26-16-4-2-3-5-18(16)29(20)22(24)25)28-10-8-14(9-11-28)21-27-17-12-15(23)6-7-19(17)30-21/h2-7,12-14,22H,8-11H2,1H3. The number of piperidine rings is 1. The van der Waals surface area contributed by atoms with Crippen molar-refractivity contribution in [3.05, 3.63) is 59.2 Å². The van der Waals surface area contributed by atoms with Gasteiger partial charge in [0, 0.05) is 10.9 Å². The van der Waals surface area contributed by atoms with Gasteiger partial charge in [-0.25, -0.2) is 9.97 Å². The number of imidazole rings is 1. The van der Waals surface area contributed by atoms with Crippen molar-refractivity contribution in [3.63, 3.8) is 0 Å². The second-order valence-corrected chi connectivity index (χ2v) is 8.19. The van der Waals surface area contributed by atoms with E-state index in [4.69, 9.17) is 16.0 Å². The van der Waals surface area contributed by atoms with Crippen LogP contribution in [0.5, 0.6) is 0 Å². The average Bonchev–Trinajstić information content (AvgIpc) is 3.34. The van der Waals surface area contributed by atoms with Gasteiger partial charge >= 0.3 is 6.55 Å². The predicted octanol–water partition coefficient (Wildman–Crippen LogP) is 6.17. The minimum atomic E-state index is -2.63. The number of hydrogen-bond acceptors (Lipinski definition) is 4. The second kappa shape index (κ2) is 7.63. The van der Waals surface area contributed by atoms with E-state index in [2.05, 4.69) is 14.9 Å². The van der Waals surface area contributed by atoms with Gasteiger partial charge in [0.25, 0.3) is 0 Å². The molecule has 2 aromatic carbocycles. The van der Waals surface area contributed by atoms with Gasteiger partial charge in [0.2, 0.25) is 0 Å². The van der Waals surface area contributed by atoms with Crippen LogP contribution in [0, 0.1) is 0 Å². The van der Waals surface area contributed by atoms with Crippen LogP contribution in [0.1, 0.15) is 50.0 Å². The number of halogens is 3. The number of aromatic nitrogens is 3. The summed E-state index contributed by atoms with van der Waals surface area (Å²) in [6.07, 6.45) is 1.69. The maximum absolute atomic E-state index is 13.8. The summed E-state index contributed by atoms with van der Waals surface area (Å²) in [5.41, 5.74) is 2.56. The van der Waals surface area contributed by atoms with E-state index in [0.29, 0.717) is 21.9 Å². The Kier molecular flexibility index (Phi) is 4.95. The summed E-state index contributed by atoms with van der Waals surface area (Å²) in [5.74, 6) is 1.33. The van der Waals surface area contributed by atoms with Crippen LogP contribution in [0.4, 0.5) is 8.78 Å². The first-order valence-electron chi connectivity index (χ1n) is 10.1. The zero-order chi connectivity index (χ0) is 20.8. The Balaban J connectivity index is 1.35. The van der Waals surface area contributed by atoms with Crippen molar-refractivity contribution in [1.29, 1.82) is 0 Å². The minimum Gasteiger partial charge on any atom is -0.440 e. The quantitative estimate of drug-likeness (QED) is 0.388. The van der Waals surface area contributed by atoms with Gasteiger partial charge in [-0.2, -0.15) is 8.78 Å². The molecule has 2 aromatic heterocycles. The molecule has 5 nitrogen and oxygen atoms in total. The Morgan fingerprint density at radius 3 is 2.60 bits per heavy atom. The Hall–Kier alpha value is -2.51. The van der Waals surface area contributed by atoms with Crippen molar-refractivity contribution in [2.24, 2.45) is 0 Å². The normalized spacial score (nSPS) is 17.4.